The van der Waals surface area contributed by atoms with Crippen LogP contribution in [0.25, 0.3) is 0 Å². The van der Waals surface area contributed by atoms with Gasteiger partial charge in [0.2, 0.25) is 5.91 Å². The molecule has 0 unspecified atom stereocenters. The Bertz CT molecular complexity index is 1080. The first kappa shape index (κ1) is 30.4. The summed E-state index contributed by atoms with van der Waals surface area (Å²) >= 11 is 0. The lowest BCUT2D eigenvalue weighted by Gasteiger charge is -2.48. The van der Waals surface area contributed by atoms with E-state index >= 15 is 0 Å². The quantitative estimate of drug-likeness (QED) is 0.275. The van der Waals surface area contributed by atoms with Crippen LogP contribution in [0.3, 0.4) is 0 Å². The van der Waals surface area contributed by atoms with Crippen LogP contribution in [0, 0.1) is 11.3 Å². The smallest absolute Gasteiger partial charge is 0.264 e. The molecule has 1 aromatic carbocycles. The normalized spacial score (nSPS) is 21.6. The number of carbonyl (C=O) groups is 1. The lowest BCUT2D eigenvalue weighted by atomic mass is 9.84. The molecule has 2 heterocycles. The molecule has 2 aliphatic heterocycles. The molecule has 2 aliphatic rings. The molecule has 10 heteroatoms. The van der Waals surface area contributed by atoms with Gasteiger partial charge >= 0.3 is 0 Å². The molecule has 0 saturated carbocycles. The second-order valence-corrected chi connectivity index (χ2v) is 12.7. The molecular weight excluding hydrogens is 506 g/mol. The molecule has 1 fully saturated rings. The molecule has 1 saturated heterocycles. The molecule has 2 atom stereocenters. The fourth-order valence-corrected chi connectivity index (χ4v) is 5.70. The van der Waals surface area contributed by atoms with E-state index in [9.17, 15) is 23.6 Å². The van der Waals surface area contributed by atoms with Gasteiger partial charge in [0.05, 0.1) is 37.1 Å². The summed E-state index contributed by atoms with van der Waals surface area (Å²) in [6.45, 7) is 6.43. The number of fused-ring (bicyclic) bond motifs is 1. The maximum absolute atomic E-state index is 13.2. The number of amides is 1. The van der Waals surface area contributed by atoms with Crippen molar-refractivity contribution in [2.45, 2.75) is 89.4 Å². The Hall–Kier alpha value is -2.19. The highest BCUT2D eigenvalue weighted by molar-refractivity contribution is 7.85. The Balaban J connectivity index is 1.36. The molecule has 212 valence electrons. The first-order valence-corrected chi connectivity index (χ1v) is 15.6. The summed E-state index contributed by atoms with van der Waals surface area (Å²) in [4.78, 5) is 17.2. The summed E-state index contributed by atoms with van der Waals surface area (Å²) in [6, 6.07) is 6.79. The van der Waals surface area contributed by atoms with Crippen LogP contribution < -0.4 is 4.74 Å². The third kappa shape index (κ3) is 8.67. The number of aliphatic hydroxyl groups excluding tert-OH is 1. The van der Waals surface area contributed by atoms with E-state index in [2.05, 4.69) is 11.0 Å². The van der Waals surface area contributed by atoms with E-state index in [4.69, 9.17) is 8.92 Å². The summed E-state index contributed by atoms with van der Waals surface area (Å²) in [6.07, 6.45) is 9.93. The number of piperazine rings is 1. The minimum atomic E-state index is -3.32. The highest BCUT2D eigenvalue weighted by Gasteiger charge is 2.47. The van der Waals surface area contributed by atoms with Gasteiger partial charge in [0.25, 0.3) is 10.1 Å². The molecule has 1 N–H and O–H groups in total. The molecule has 3 rings (SSSR count). The molecular formula is C28H43N3O6S. The topological polar surface area (TPSA) is 120 Å². The van der Waals surface area contributed by atoms with E-state index in [-0.39, 0.29) is 12.5 Å². The van der Waals surface area contributed by atoms with Crippen molar-refractivity contribution in [3.63, 3.8) is 0 Å². The maximum atomic E-state index is 13.2. The van der Waals surface area contributed by atoms with Crippen LogP contribution in [0.1, 0.15) is 88.8 Å². The second-order valence-electron chi connectivity index (χ2n) is 11.0. The van der Waals surface area contributed by atoms with Gasteiger partial charge in [-0.15, -0.1) is 0 Å². The zero-order valence-corrected chi connectivity index (χ0v) is 23.8. The summed E-state index contributed by atoms with van der Waals surface area (Å²) in [7, 11) is -3.32. The van der Waals surface area contributed by atoms with Gasteiger partial charge in [0.1, 0.15) is 17.5 Å². The van der Waals surface area contributed by atoms with Crippen molar-refractivity contribution >= 4 is 16.0 Å². The molecule has 38 heavy (non-hydrogen) atoms. The van der Waals surface area contributed by atoms with Crippen LogP contribution in [0.2, 0.25) is 0 Å². The van der Waals surface area contributed by atoms with Crippen molar-refractivity contribution < 1.29 is 27.2 Å². The third-order valence-corrected chi connectivity index (χ3v) is 8.02. The van der Waals surface area contributed by atoms with Crippen molar-refractivity contribution in [1.82, 2.24) is 9.80 Å². The number of aliphatic hydroxyl groups is 1. The van der Waals surface area contributed by atoms with Crippen LogP contribution >= 0.6 is 0 Å². The standard InChI is InChI=1S/C28H43N3O6S/c1-28(2)27(33)26(23-19-22(20-29)13-14-24(23)37-28)31-17-16-30(21-25(31)32)15-11-9-7-5-4-6-8-10-12-18-36-38(3,34)35/h13-14,19,26-27,33H,4-12,15-18,21H2,1-3H3/t26-,27+/m1/s1. The number of nitriles is 1. The average molecular weight is 550 g/mol. The largest absolute Gasteiger partial charge is 0.485 e. The lowest BCUT2D eigenvalue weighted by Crippen LogP contribution is -2.59. The van der Waals surface area contributed by atoms with Gasteiger partial charge in [-0.2, -0.15) is 13.7 Å². The average Bonchev–Trinajstić information content (AvgIpc) is 2.85. The molecule has 0 spiro atoms. The number of nitrogens with zero attached hydrogens (tertiary/aromatic N) is 3. The number of hydrogen-bond acceptors (Lipinski definition) is 8. The SMILES string of the molecule is CC1(C)Oc2ccc(C#N)cc2[C@@H](N2CCN(CCCCCCCCCCCOS(C)(=O)=O)CC2=O)[C@@H]1O. The van der Waals surface area contributed by atoms with Gasteiger partial charge in [0, 0.05) is 18.7 Å². The molecule has 9 nitrogen and oxygen atoms in total. The second kappa shape index (κ2) is 13.7. The van der Waals surface area contributed by atoms with Crippen molar-refractivity contribution in [3.8, 4) is 11.8 Å². The lowest BCUT2D eigenvalue weighted by molar-refractivity contribution is -0.150. The Kier molecular flexibility index (Phi) is 11.0. The van der Waals surface area contributed by atoms with Crippen molar-refractivity contribution in [3.05, 3.63) is 29.3 Å². The van der Waals surface area contributed by atoms with Crippen LogP contribution in [0.4, 0.5) is 0 Å². The molecule has 1 aromatic rings. The van der Waals surface area contributed by atoms with E-state index in [1.807, 2.05) is 13.8 Å². The number of ether oxygens (including phenoxy) is 1. The first-order valence-electron chi connectivity index (χ1n) is 13.8. The van der Waals surface area contributed by atoms with E-state index in [1.54, 1.807) is 23.1 Å². The molecule has 0 aromatic heterocycles. The number of benzene rings is 1. The Morgan fingerprint density at radius 1 is 1.08 bits per heavy atom. The summed E-state index contributed by atoms with van der Waals surface area (Å²) in [5.74, 6) is 0.605. The Labute approximate surface area is 227 Å². The Morgan fingerprint density at radius 3 is 2.32 bits per heavy atom. The number of rotatable bonds is 14. The highest BCUT2D eigenvalue weighted by atomic mass is 32.2. The predicted molar refractivity (Wildman–Crippen MR) is 145 cm³/mol. The summed E-state index contributed by atoms with van der Waals surface area (Å²) in [5.41, 5.74) is 0.324. The first-order chi connectivity index (χ1) is 18.0. The highest BCUT2D eigenvalue weighted by Crippen LogP contribution is 2.43. The monoisotopic (exact) mass is 549 g/mol. The summed E-state index contributed by atoms with van der Waals surface area (Å²) in [5, 5.41) is 20.5. The maximum Gasteiger partial charge on any atom is 0.264 e. The predicted octanol–water partition coefficient (Wildman–Crippen LogP) is 3.76. The van der Waals surface area contributed by atoms with Gasteiger partial charge in [-0.05, 0) is 51.4 Å². The molecule has 0 bridgehead atoms. The number of carbonyl (C=O) groups excluding carboxylic acids is 1. The van der Waals surface area contributed by atoms with Crippen molar-refractivity contribution in [2.75, 3.05) is 39.0 Å². The van der Waals surface area contributed by atoms with Crippen LogP contribution in [-0.2, 0) is 19.1 Å². The van der Waals surface area contributed by atoms with E-state index < -0.39 is 27.9 Å². The van der Waals surface area contributed by atoms with Gasteiger partial charge in [0.15, 0.2) is 0 Å². The zero-order chi connectivity index (χ0) is 27.8. The molecule has 0 radical (unpaired) electrons. The minimum Gasteiger partial charge on any atom is -0.485 e. The van der Waals surface area contributed by atoms with Gasteiger partial charge in [-0.25, -0.2) is 0 Å². The van der Waals surface area contributed by atoms with Crippen molar-refractivity contribution in [2.24, 2.45) is 0 Å². The summed E-state index contributed by atoms with van der Waals surface area (Å²) < 4.78 is 32.6. The zero-order valence-electron chi connectivity index (χ0n) is 23.0. The number of hydrogen-bond donors (Lipinski definition) is 1. The third-order valence-electron chi connectivity index (χ3n) is 7.43. The van der Waals surface area contributed by atoms with Crippen LogP contribution in [0.5, 0.6) is 5.75 Å². The Morgan fingerprint density at radius 2 is 1.71 bits per heavy atom. The molecule has 1 amide bonds. The van der Waals surface area contributed by atoms with Crippen LogP contribution in [-0.4, -0.2) is 80.0 Å². The fourth-order valence-electron chi connectivity index (χ4n) is 5.28. The molecule has 0 aliphatic carbocycles. The number of unbranched alkanes of at least 4 members (excludes halogenated alkanes) is 8. The van der Waals surface area contributed by atoms with Crippen LogP contribution in [0.15, 0.2) is 18.2 Å². The van der Waals surface area contributed by atoms with E-state index in [0.29, 0.717) is 30.0 Å². The van der Waals surface area contributed by atoms with Gasteiger partial charge < -0.3 is 14.7 Å². The fraction of sp³-hybridized carbons (Fsp3) is 0.714. The van der Waals surface area contributed by atoms with E-state index in [0.717, 1.165) is 57.9 Å². The van der Waals surface area contributed by atoms with Gasteiger partial charge in [-0.3, -0.25) is 13.9 Å². The van der Waals surface area contributed by atoms with Crippen molar-refractivity contribution in [1.29, 1.82) is 5.26 Å². The van der Waals surface area contributed by atoms with E-state index in [1.165, 1.54) is 19.3 Å². The van der Waals surface area contributed by atoms with Gasteiger partial charge in [-0.1, -0.05) is 44.9 Å². The minimum absolute atomic E-state index is 0.00625.